The van der Waals surface area contributed by atoms with Gasteiger partial charge in [0.2, 0.25) is 0 Å². The molecule has 0 radical (unpaired) electrons. The zero-order valence-corrected chi connectivity index (χ0v) is 10.8. The third-order valence-electron chi connectivity index (χ3n) is 2.00. The van der Waals surface area contributed by atoms with Crippen molar-refractivity contribution in [3.05, 3.63) is 40.5 Å². The highest BCUT2D eigenvalue weighted by molar-refractivity contribution is 7.98. The smallest absolute Gasteiger partial charge is 0.189 e. The molecule has 0 amide bonds. The first kappa shape index (κ1) is 11.7. The molecule has 0 saturated carbocycles. The van der Waals surface area contributed by atoms with Crippen LogP contribution in [-0.4, -0.2) is 16.2 Å². The van der Waals surface area contributed by atoms with Gasteiger partial charge in [0.1, 0.15) is 5.15 Å². The van der Waals surface area contributed by atoms with E-state index in [1.165, 1.54) is 11.8 Å². The van der Waals surface area contributed by atoms with E-state index >= 15 is 0 Å². The maximum absolute atomic E-state index is 5.92. The van der Waals surface area contributed by atoms with Crippen molar-refractivity contribution in [3.63, 3.8) is 0 Å². The minimum absolute atomic E-state index is 0.448. The summed E-state index contributed by atoms with van der Waals surface area (Å²) < 4.78 is 0. The van der Waals surface area contributed by atoms with Gasteiger partial charge in [-0.2, -0.15) is 0 Å². The van der Waals surface area contributed by atoms with Crippen LogP contribution in [0.15, 0.2) is 35.5 Å². The van der Waals surface area contributed by atoms with Crippen molar-refractivity contribution < 1.29 is 0 Å². The fourth-order valence-corrected chi connectivity index (χ4v) is 2.00. The van der Waals surface area contributed by atoms with E-state index in [0.717, 1.165) is 11.3 Å². The predicted molar refractivity (Wildman–Crippen MR) is 69.3 cm³/mol. The molecule has 1 aromatic heterocycles. The second-order valence-corrected chi connectivity index (χ2v) is 4.67. The minimum atomic E-state index is 0.448. The second-order valence-electron chi connectivity index (χ2n) is 3.07. The van der Waals surface area contributed by atoms with Crippen LogP contribution in [-0.2, 0) is 0 Å². The highest BCUT2D eigenvalue weighted by Crippen LogP contribution is 2.23. The quantitative estimate of drug-likeness (QED) is 0.465. The largest absolute Gasteiger partial charge is 0.222 e. The van der Waals surface area contributed by atoms with Gasteiger partial charge >= 0.3 is 0 Å². The summed E-state index contributed by atoms with van der Waals surface area (Å²) in [5.74, 6) is 0. The van der Waals surface area contributed by atoms with Gasteiger partial charge in [-0.25, -0.2) is 9.97 Å². The Bertz CT molecular complexity index is 500. The molecule has 1 aromatic carbocycles. The van der Waals surface area contributed by atoms with E-state index in [9.17, 15) is 0 Å². The third-order valence-corrected chi connectivity index (χ3v) is 2.99. The van der Waals surface area contributed by atoms with Gasteiger partial charge in [-0.3, -0.25) is 0 Å². The van der Waals surface area contributed by atoms with Gasteiger partial charge in [0.25, 0.3) is 0 Å². The van der Waals surface area contributed by atoms with Gasteiger partial charge in [0.15, 0.2) is 5.16 Å². The van der Waals surface area contributed by atoms with Crippen molar-refractivity contribution in [1.29, 1.82) is 0 Å². The van der Waals surface area contributed by atoms with Crippen molar-refractivity contribution in [3.8, 4) is 11.3 Å². The average molecular weight is 271 g/mol. The molecule has 0 unspecified atom stereocenters. The molecule has 2 rings (SSSR count). The molecule has 0 N–H and O–H groups in total. The van der Waals surface area contributed by atoms with Gasteiger partial charge in [-0.1, -0.05) is 47.1 Å². The molecule has 0 spiro atoms. The first-order chi connectivity index (χ1) is 7.69. The number of nitrogens with zero attached hydrogens (tertiary/aromatic N) is 2. The Morgan fingerprint density at radius 2 is 1.75 bits per heavy atom. The Morgan fingerprint density at radius 3 is 2.38 bits per heavy atom. The lowest BCUT2D eigenvalue weighted by atomic mass is 10.1. The van der Waals surface area contributed by atoms with Gasteiger partial charge in [-0.05, 0) is 18.4 Å². The Balaban J connectivity index is 2.47. The molecule has 0 aliphatic rings. The third kappa shape index (κ3) is 2.67. The maximum atomic E-state index is 5.92. The lowest BCUT2D eigenvalue weighted by Gasteiger charge is -2.03. The Kier molecular flexibility index (Phi) is 3.69. The van der Waals surface area contributed by atoms with Gasteiger partial charge in [-0.15, -0.1) is 0 Å². The summed E-state index contributed by atoms with van der Waals surface area (Å²) in [6.45, 7) is 0. The number of benzene rings is 1. The predicted octanol–water partition coefficient (Wildman–Crippen LogP) is 4.17. The summed E-state index contributed by atoms with van der Waals surface area (Å²) in [7, 11) is 0. The molecular weight excluding hydrogens is 263 g/mol. The molecule has 16 heavy (non-hydrogen) atoms. The number of halogens is 2. The number of hydrogen-bond acceptors (Lipinski definition) is 3. The number of thioether (sulfide) groups is 1. The second kappa shape index (κ2) is 5.04. The summed E-state index contributed by atoms with van der Waals surface area (Å²) in [6, 6.07) is 9.21. The Hall–Kier alpha value is -0.770. The molecule has 0 fully saturated rings. The maximum Gasteiger partial charge on any atom is 0.189 e. The SMILES string of the molecule is CSc1nc(Cl)cc(-c2ccc(Cl)cc2)n1. The van der Waals surface area contributed by atoms with Crippen LogP contribution < -0.4 is 0 Å². The summed E-state index contributed by atoms with van der Waals surface area (Å²) in [5.41, 5.74) is 1.78. The van der Waals surface area contributed by atoms with Crippen molar-refractivity contribution in [2.24, 2.45) is 0 Å². The topological polar surface area (TPSA) is 25.8 Å². The van der Waals surface area contributed by atoms with Crippen LogP contribution in [0.1, 0.15) is 0 Å². The molecule has 1 heterocycles. The van der Waals surface area contributed by atoms with E-state index in [0.29, 0.717) is 15.3 Å². The Morgan fingerprint density at radius 1 is 1.06 bits per heavy atom. The normalized spacial score (nSPS) is 10.4. The van der Waals surface area contributed by atoms with E-state index in [4.69, 9.17) is 23.2 Å². The van der Waals surface area contributed by atoms with Crippen molar-refractivity contribution in [1.82, 2.24) is 9.97 Å². The molecule has 0 saturated heterocycles. The van der Waals surface area contributed by atoms with Gasteiger partial charge in [0.05, 0.1) is 5.69 Å². The molecule has 82 valence electrons. The van der Waals surface area contributed by atoms with E-state index in [1.807, 2.05) is 30.5 Å². The molecular formula is C11H8Cl2N2S. The highest BCUT2D eigenvalue weighted by atomic mass is 35.5. The van der Waals surface area contributed by atoms with Gasteiger partial charge in [0, 0.05) is 16.7 Å². The number of aromatic nitrogens is 2. The van der Waals surface area contributed by atoms with E-state index < -0.39 is 0 Å². The molecule has 0 aliphatic carbocycles. The zero-order chi connectivity index (χ0) is 11.5. The first-order valence-electron chi connectivity index (χ1n) is 4.53. The minimum Gasteiger partial charge on any atom is -0.222 e. The zero-order valence-electron chi connectivity index (χ0n) is 8.45. The number of hydrogen-bond donors (Lipinski definition) is 0. The lowest BCUT2D eigenvalue weighted by Crippen LogP contribution is -1.90. The molecule has 2 nitrogen and oxygen atoms in total. The van der Waals surface area contributed by atoms with Crippen LogP contribution in [0.5, 0.6) is 0 Å². The average Bonchev–Trinajstić information content (AvgIpc) is 2.29. The van der Waals surface area contributed by atoms with Crippen molar-refractivity contribution in [2.45, 2.75) is 5.16 Å². The number of rotatable bonds is 2. The first-order valence-corrected chi connectivity index (χ1v) is 6.51. The van der Waals surface area contributed by atoms with Crippen LogP contribution in [0.4, 0.5) is 0 Å². The molecule has 0 atom stereocenters. The summed E-state index contributed by atoms with van der Waals surface area (Å²) in [5, 5.41) is 1.82. The van der Waals surface area contributed by atoms with Crippen LogP contribution in [0.25, 0.3) is 11.3 Å². The monoisotopic (exact) mass is 270 g/mol. The van der Waals surface area contributed by atoms with E-state index in [1.54, 1.807) is 6.07 Å². The van der Waals surface area contributed by atoms with Crippen molar-refractivity contribution >= 4 is 35.0 Å². The van der Waals surface area contributed by atoms with Crippen LogP contribution >= 0.6 is 35.0 Å². The van der Waals surface area contributed by atoms with Gasteiger partial charge < -0.3 is 0 Å². The van der Waals surface area contributed by atoms with Crippen LogP contribution in [0, 0.1) is 0 Å². The Labute approximate surface area is 108 Å². The molecule has 5 heteroatoms. The summed E-state index contributed by atoms with van der Waals surface area (Å²) in [4.78, 5) is 8.46. The molecule has 0 bridgehead atoms. The van der Waals surface area contributed by atoms with Crippen LogP contribution in [0.3, 0.4) is 0 Å². The fraction of sp³-hybridized carbons (Fsp3) is 0.0909. The lowest BCUT2D eigenvalue weighted by molar-refractivity contribution is 0.977. The summed E-state index contributed by atoms with van der Waals surface area (Å²) >= 11 is 13.2. The van der Waals surface area contributed by atoms with E-state index in [-0.39, 0.29) is 0 Å². The fourth-order valence-electron chi connectivity index (χ4n) is 1.26. The highest BCUT2D eigenvalue weighted by Gasteiger charge is 2.04. The standard InChI is InChI=1S/C11H8Cl2N2S/c1-16-11-14-9(6-10(13)15-11)7-2-4-8(12)5-3-7/h2-6H,1H3. The van der Waals surface area contributed by atoms with Crippen molar-refractivity contribution in [2.75, 3.05) is 6.26 Å². The van der Waals surface area contributed by atoms with E-state index in [2.05, 4.69) is 9.97 Å². The molecule has 2 aromatic rings. The molecule has 0 aliphatic heterocycles. The summed E-state index contributed by atoms with van der Waals surface area (Å²) in [6.07, 6.45) is 1.91. The van der Waals surface area contributed by atoms with Crippen LogP contribution in [0.2, 0.25) is 10.2 Å².